The van der Waals surface area contributed by atoms with Crippen LogP contribution in [0, 0.1) is 18.7 Å². The quantitative estimate of drug-likeness (QED) is 0.844. The molecule has 0 amide bonds. The molecule has 1 aromatic carbocycles. The Morgan fingerprint density at radius 1 is 1.40 bits per heavy atom. The molecule has 1 aliphatic carbocycles. The lowest BCUT2D eigenvalue weighted by Crippen LogP contribution is -2.28. The van der Waals surface area contributed by atoms with Crippen molar-refractivity contribution in [3.63, 3.8) is 0 Å². The van der Waals surface area contributed by atoms with E-state index in [0.29, 0.717) is 18.0 Å². The molecule has 2 rings (SSSR count). The first-order chi connectivity index (χ1) is 9.39. The molecule has 0 saturated heterocycles. The summed E-state index contributed by atoms with van der Waals surface area (Å²) in [5, 5.41) is 2.90. The third kappa shape index (κ3) is 3.19. The Labute approximate surface area is 119 Å². The molecule has 1 fully saturated rings. The minimum Gasteiger partial charge on any atom is -0.316 e. The minimum atomic E-state index is -3.65. The molecule has 0 bridgehead atoms. The van der Waals surface area contributed by atoms with Crippen LogP contribution in [0.1, 0.15) is 30.9 Å². The van der Waals surface area contributed by atoms with Crippen molar-refractivity contribution in [2.75, 3.05) is 7.05 Å². The van der Waals surface area contributed by atoms with Crippen LogP contribution < -0.4 is 10.0 Å². The second-order valence-corrected chi connectivity index (χ2v) is 7.05. The zero-order valence-electron chi connectivity index (χ0n) is 12.0. The van der Waals surface area contributed by atoms with Crippen molar-refractivity contribution in [3.8, 4) is 0 Å². The highest BCUT2D eigenvalue weighted by Gasteiger charge is 2.39. The van der Waals surface area contributed by atoms with E-state index in [9.17, 15) is 12.8 Å². The van der Waals surface area contributed by atoms with Gasteiger partial charge in [0.05, 0.1) is 4.90 Å². The molecule has 20 heavy (non-hydrogen) atoms. The molecular weight excluding hydrogens is 279 g/mol. The van der Waals surface area contributed by atoms with Gasteiger partial charge < -0.3 is 5.32 Å². The molecule has 0 spiro atoms. The van der Waals surface area contributed by atoms with Gasteiger partial charge in [0.2, 0.25) is 10.0 Å². The number of rotatable bonds is 6. The highest BCUT2D eigenvalue weighted by molar-refractivity contribution is 7.89. The van der Waals surface area contributed by atoms with E-state index in [1.807, 2.05) is 6.92 Å². The third-order valence-electron chi connectivity index (χ3n) is 3.78. The maximum Gasteiger partial charge on any atom is 0.241 e. The lowest BCUT2D eigenvalue weighted by atomic mass is 10.1. The summed E-state index contributed by atoms with van der Waals surface area (Å²) in [5.41, 5.74) is 0.796. The summed E-state index contributed by atoms with van der Waals surface area (Å²) in [6, 6.07) is 2.91. The summed E-state index contributed by atoms with van der Waals surface area (Å²) in [7, 11) is -1.92. The summed E-state index contributed by atoms with van der Waals surface area (Å²) in [5.74, 6) is -0.0728. The van der Waals surface area contributed by atoms with E-state index in [1.165, 1.54) is 13.0 Å². The van der Waals surface area contributed by atoms with E-state index < -0.39 is 15.8 Å². The normalized spacial score (nSPS) is 22.0. The number of nitrogens with one attached hydrogen (secondary N) is 2. The Morgan fingerprint density at radius 2 is 2.10 bits per heavy atom. The van der Waals surface area contributed by atoms with E-state index in [4.69, 9.17) is 0 Å². The molecule has 0 heterocycles. The Hall–Kier alpha value is -0.980. The van der Waals surface area contributed by atoms with E-state index in [1.54, 1.807) is 13.1 Å². The van der Waals surface area contributed by atoms with Gasteiger partial charge in [-0.15, -0.1) is 0 Å². The van der Waals surface area contributed by atoms with Crippen molar-refractivity contribution >= 4 is 10.0 Å². The predicted octanol–water partition coefficient (Wildman–Crippen LogP) is 1.93. The average Bonchev–Trinajstić information content (AvgIpc) is 3.11. The molecule has 0 aliphatic heterocycles. The van der Waals surface area contributed by atoms with E-state index in [0.717, 1.165) is 12.8 Å². The predicted molar refractivity (Wildman–Crippen MR) is 76.4 cm³/mol. The number of hydrogen-bond acceptors (Lipinski definition) is 3. The van der Waals surface area contributed by atoms with Crippen LogP contribution in [-0.4, -0.2) is 21.5 Å². The van der Waals surface area contributed by atoms with Crippen LogP contribution in [-0.2, 0) is 16.6 Å². The topological polar surface area (TPSA) is 58.2 Å². The number of hydrogen-bond donors (Lipinski definition) is 2. The standard InChI is InChI=1S/C14H21FN2O2S/c1-4-11-7-13(11)17-20(18,19)14-6-10(8-16-3)5-12(15)9(14)2/h5-6,11,13,16-17H,4,7-8H2,1-3H3. The molecule has 2 N–H and O–H groups in total. The van der Waals surface area contributed by atoms with Crippen molar-refractivity contribution in [1.82, 2.24) is 10.0 Å². The molecule has 1 aliphatic rings. The first kappa shape index (κ1) is 15.4. The second kappa shape index (κ2) is 5.79. The van der Waals surface area contributed by atoms with Gasteiger partial charge in [-0.1, -0.05) is 13.3 Å². The SMILES string of the molecule is CCC1CC1NS(=O)(=O)c1cc(CNC)cc(F)c1C. The fraction of sp³-hybridized carbons (Fsp3) is 0.571. The number of sulfonamides is 1. The summed E-state index contributed by atoms with van der Waals surface area (Å²) in [4.78, 5) is 0.0458. The first-order valence-electron chi connectivity index (χ1n) is 6.85. The van der Waals surface area contributed by atoms with Crippen molar-refractivity contribution < 1.29 is 12.8 Å². The van der Waals surface area contributed by atoms with Crippen LogP contribution in [0.3, 0.4) is 0 Å². The van der Waals surface area contributed by atoms with Crippen molar-refractivity contribution in [2.45, 2.75) is 44.2 Å². The molecule has 2 unspecified atom stereocenters. The summed E-state index contributed by atoms with van der Waals surface area (Å²) < 4.78 is 41.3. The van der Waals surface area contributed by atoms with Gasteiger partial charge in [-0.3, -0.25) is 0 Å². The fourth-order valence-electron chi connectivity index (χ4n) is 2.40. The smallest absolute Gasteiger partial charge is 0.241 e. The minimum absolute atomic E-state index is 0.000387. The molecule has 1 aromatic rings. The Morgan fingerprint density at radius 3 is 2.65 bits per heavy atom. The maximum atomic E-state index is 13.9. The van der Waals surface area contributed by atoms with E-state index in [-0.39, 0.29) is 16.5 Å². The van der Waals surface area contributed by atoms with Crippen LogP contribution in [0.25, 0.3) is 0 Å². The van der Waals surface area contributed by atoms with Gasteiger partial charge in [-0.05, 0) is 44.0 Å². The molecular formula is C14H21FN2O2S. The van der Waals surface area contributed by atoms with Crippen LogP contribution in [0.2, 0.25) is 0 Å². The fourth-order valence-corrected chi connectivity index (χ4v) is 4.02. The maximum absolute atomic E-state index is 13.9. The molecule has 112 valence electrons. The highest BCUT2D eigenvalue weighted by atomic mass is 32.2. The van der Waals surface area contributed by atoms with E-state index in [2.05, 4.69) is 10.0 Å². The van der Waals surface area contributed by atoms with Gasteiger partial charge in [0.15, 0.2) is 0 Å². The largest absolute Gasteiger partial charge is 0.316 e. The Kier molecular flexibility index (Phi) is 4.46. The summed E-state index contributed by atoms with van der Waals surface area (Å²) >= 11 is 0. The zero-order valence-corrected chi connectivity index (χ0v) is 12.8. The lowest BCUT2D eigenvalue weighted by molar-refractivity contribution is 0.568. The number of halogens is 1. The first-order valence-corrected chi connectivity index (χ1v) is 8.33. The van der Waals surface area contributed by atoms with Gasteiger partial charge in [0.25, 0.3) is 0 Å². The Bertz CT molecular complexity index is 601. The average molecular weight is 300 g/mol. The summed E-state index contributed by atoms with van der Waals surface area (Å²) in [6.07, 6.45) is 1.83. The summed E-state index contributed by atoms with van der Waals surface area (Å²) in [6.45, 7) is 3.97. The van der Waals surface area contributed by atoms with Gasteiger partial charge in [-0.25, -0.2) is 17.5 Å². The molecule has 4 nitrogen and oxygen atoms in total. The monoisotopic (exact) mass is 300 g/mol. The van der Waals surface area contributed by atoms with Crippen molar-refractivity contribution in [3.05, 3.63) is 29.1 Å². The second-order valence-electron chi connectivity index (χ2n) is 5.36. The van der Waals surface area contributed by atoms with Crippen LogP contribution in [0.15, 0.2) is 17.0 Å². The van der Waals surface area contributed by atoms with Gasteiger partial charge in [-0.2, -0.15) is 0 Å². The zero-order chi connectivity index (χ0) is 14.9. The van der Waals surface area contributed by atoms with Crippen LogP contribution in [0.5, 0.6) is 0 Å². The van der Waals surface area contributed by atoms with Crippen LogP contribution >= 0.6 is 0 Å². The van der Waals surface area contributed by atoms with Gasteiger partial charge in [0, 0.05) is 18.2 Å². The lowest BCUT2D eigenvalue weighted by Gasteiger charge is -2.12. The molecule has 2 atom stereocenters. The molecule has 0 radical (unpaired) electrons. The van der Waals surface area contributed by atoms with Gasteiger partial charge >= 0.3 is 0 Å². The van der Waals surface area contributed by atoms with Gasteiger partial charge in [0.1, 0.15) is 5.82 Å². The van der Waals surface area contributed by atoms with E-state index >= 15 is 0 Å². The van der Waals surface area contributed by atoms with Crippen molar-refractivity contribution in [1.29, 1.82) is 0 Å². The Balaban J connectivity index is 2.30. The molecule has 6 heteroatoms. The van der Waals surface area contributed by atoms with Crippen LogP contribution in [0.4, 0.5) is 4.39 Å². The molecule has 1 saturated carbocycles. The third-order valence-corrected chi connectivity index (χ3v) is 5.40. The molecule has 0 aromatic heterocycles. The highest BCUT2D eigenvalue weighted by Crippen LogP contribution is 2.34. The number of benzene rings is 1. The van der Waals surface area contributed by atoms with Crippen molar-refractivity contribution in [2.24, 2.45) is 5.92 Å².